The zero-order valence-corrected chi connectivity index (χ0v) is 16.0. The van der Waals surface area contributed by atoms with Gasteiger partial charge in [-0.2, -0.15) is 0 Å². The molecule has 1 fully saturated rings. The Morgan fingerprint density at radius 3 is 2.54 bits per heavy atom. The number of guanidine groups is 1. The third kappa shape index (κ3) is 3.61. The first-order valence-electron chi connectivity index (χ1n) is 7.93. The zero-order chi connectivity index (χ0) is 19.9. The maximum atomic E-state index is 12.6. The summed E-state index contributed by atoms with van der Waals surface area (Å²) in [4.78, 5) is 15.0. The van der Waals surface area contributed by atoms with Crippen molar-refractivity contribution < 1.29 is 23.1 Å². The second kappa shape index (κ2) is 6.76. The smallest absolute Gasteiger partial charge is 0.324 e. The van der Waals surface area contributed by atoms with Crippen LogP contribution in [0.5, 0.6) is 5.75 Å². The van der Waals surface area contributed by atoms with E-state index in [1.165, 1.54) is 13.2 Å². The summed E-state index contributed by atoms with van der Waals surface area (Å²) in [6.07, 6.45) is 0.280. The van der Waals surface area contributed by atoms with Crippen LogP contribution in [-0.4, -0.2) is 44.6 Å². The van der Waals surface area contributed by atoms with Crippen LogP contribution in [0.25, 0.3) is 0 Å². The van der Waals surface area contributed by atoms with Crippen molar-refractivity contribution in [1.29, 1.82) is 0 Å². The first kappa shape index (κ1) is 20.0. The summed E-state index contributed by atoms with van der Waals surface area (Å²) < 4.78 is 32.8. The third-order valence-corrected chi connectivity index (χ3v) is 6.22. The third-order valence-electron chi connectivity index (χ3n) is 4.74. The Bertz CT molecular complexity index is 881. The summed E-state index contributed by atoms with van der Waals surface area (Å²) in [5.41, 5.74) is 12.0. The number of carbonyl (C=O) groups is 1. The molecule has 1 aliphatic carbocycles. The lowest BCUT2D eigenvalue weighted by Crippen LogP contribution is -2.38. The monoisotopic (exact) mass is 384 g/mol. The van der Waals surface area contributed by atoms with Gasteiger partial charge in [-0.05, 0) is 49.9 Å². The molecule has 1 aromatic carbocycles. The van der Waals surface area contributed by atoms with Gasteiger partial charge in [-0.25, -0.2) is 13.1 Å². The molecule has 1 aromatic rings. The Morgan fingerprint density at radius 1 is 1.42 bits per heavy atom. The number of rotatable bonds is 6. The standard InChI is InChI=1S/C16H24N4O5S/c1-8-5-12(9(2)10(3)13(8)25-4)26(23,24)20-15(17)19-7-11-6-16(11,18)14(21)22/h5,11H,6-7,18H2,1-4H3,(H,21,22)(H3,17,19,20)/t11-,16+/m0/s1. The van der Waals surface area contributed by atoms with Gasteiger partial charge in [0.05, 0.1) is 12.0 Å². The predicted octanol–water partition coefficient (Wildman–Crippen LogP) is 0.0155. The van der Waals surface area contributed by atoms with Gasteiger partial charge in [0, 0.05) is 12.5 Å². The molecule has 0 saturated heterocycles. The number of nitrogens with zero attached hydrogens (tertiary/aromatic N) is 1. The van der Waals surface area contributed by atoms with Crippen molar-refractivity contribution in [3.8, 4) is 5.75 Å². The fourth-order valence-electron chi connectivity index (χ4n) is 2.89. The maximum Gasteiger partial charge on any atom is 0.324 e. The second-order valence-electron chi connectivity index (χ2n) is 6.55. The molecule has 6 N–H and O–H groups in total. The largest absolute Gasteiger partial charge is 0.496 e. The van der Waals surface area contributed by atoms with E-state index in [2.05, 4.69) is 9.71 Å². The topological polar surface area (TPSA) is 157 Å². The fourth-order valence-corrected chi connectivity index (χ4v) is 4.22. The molecular formula is C16H24N4O5S. The second-order valence-corrected chi connectivity index (χ2v) is 8.20. The van der Waals surface area contributed by atoms with Crippen molar-refractivity contribution in [2.45, 2.75) is 37.6 Å². The van der Waals surface area contributed by atoms with Crippen molar-refractivity contribution >= 4 is 22.0 Å². The van der Waals surface area contributed by atoms with Gasteiger partial charge >= 0.3 is 5.97 Å². The number of carboxylic acid groups (broad SMARTS) is 1. The Morgan fingerprint density at radius 2 is 2.04 bits per heavy atom. The van der Waals surface area contributed by atoms with Crippen LogP contribution >= 0.6 is 0 Å². The van der Waals surface area contributed by atoms with E-state index in [1.807, 2.05) is 0 Å². The summed E-state index contributed by atoms with van der Waals surface area (Å²) in [5.74, 6) is -1.15. The minimum absolute atomic E-state index is 0.0385. The molecule has 26 heavy (non-hydrogen) atoms. The van der Waals surface area contributed by atoms with Gasteiger partial charge in [-0.15, -0.1) is 0 Å². The van der Waals surface area contributed by atoms with Gasteiger partial charge < -0.3 is 21.3 Å². The normalized spacial score (nSPS) is 22.8. The predicted molar refractivity (Wildman–Crippen MR) is 96.7 cm³/mol. The molecule has 0 heterocycles. The summed E-state index contributed by atoms with van der Waals surface area (Å²) in [5, 5.41) is 8.98. The first-order chi connectivity index (χ1) is 11.9. The average molecular weight is 384 g/mol. The van der Waals surface area contributed by atoms with E-state index in [0.717, 1.165) is 5.56 Å². The summed E-state index contributed by atoms with van der Waals surface area (Å²) in [6, 6.07) is 1.51. The molecule has 0 aromatic heterocycles. The number of aliphatic carboxylic acids is 1. The summed E-state index contributed by atoms with van der Waals surface area (Å²) in [7, 11) is -2.42. The van der Waals surface area contributed by atoms with Crippen LogP contribution in [0.4, 0.5) is 0 Å². The highest BCUT2D eigenvalue weighted by Crippen LogP contribution is 2.41. The molecule has 0 spiro atoms. The molecule has 10 heteroatoms. The number of methoxy groups -OCH3 is 1. The summed E-state index contributed by atoms with van der Waals surface area (Å²) >= 11 is 0. The van der Waals surface area contributed by atoms with Crippen LogP contribution in [0.1, 0.15) is 23.1 Å². The van der Waals surface area contributed by atoms with E-state index >= 15 is 0 Å². The van der Waals surface area contributed by atoms with Gasteiger partial charge in [0.2, 0.25) is 5.96 Å². The van der Waals surface area contributed by atoms with Crippen molar-refractivity contribution in [2.75, 3.05) is 13.7 Å². The van der Waals surface area contributed by atoms with Crippen LogP contribution in [0.2, 0.25) is 0 Å². The number of nitrogens with one attached hydrogen (secondary N) is 1. The fraction of sp³-hybridized carbons (Fsp3) is 0.500. The van der Waals surface area contributed by atoms with E-state index in [0.29, 0.717) is 16.9 Å². The quantitative estimate of drug-likeness (QED) is 0.397. The van der Waals surface area contributed by atoms with Crippen LogP contribution < -0.4 is 20.9 Å². The molecule has 2 atom stereocenters. The van der Waals surface area contributed by atoms with Crippen molar-refractivity contribution in [2.24, 2.45) is 22.4 Å². The molecule has 1 saturated carbocycles. The number of ether oxygens (including phenoxy) is 1. The first-order valence-corrected chi connectivity index (χ1v) is 9.42. The average Bonchev–Trinajstić information content (AvgIpc) is 3.21. The molecule has 1 aliphatic rings. The van der Waals surface area contributed by atoms with E-state index in [4.69, 9.17) is 21.3 Å². The molecule has 0 radical (unpaired) electrons. The minimum atomic E-state index is -3.94. The van der Waals surface area contributed by atoms with Gasteiger partial charge in [0.1, 0.15) is 11.3 Å². The Hall–Kier alpha value is -2.33. The molecular weight excluding hydrogens is 360 g/mol. The van der Waals surface area contributed by atoms with E-state index in [9.17, 15) is 13.2 Å². The Labute approximate surface area is 152 Å². The SMILES string of the molecule is COc1c(C)cc(S(=O)(=O)NC(N)=NC[C@@H]2C[C@]2(N)C(=O)O)c(C)c1C. The number of hydrogen-bond donors (Lipinski definition) is 4. The highest BCUT2D eigenvalue weighted by atomic mass is 32.2. The highest BCUT2D eigenvalue weighted by molar-refractivity contribution is 7.90. The molecule has 0 aliphatic heterocycles. The molecule has 2 rings (SSSR count). The van der Waals surface area contributed by atoms with E-state index in [1.54, 1.807) is 20.8 Å². The van der Waals surface area contributed by atoms with Crippen LogP contribution in [0, 0.1) is 26.7 Å². The zero-order valence-electron chi connectivity index (χ0n) is 15.2. The Balaban J connectivity index is 2.19. The van der Waals surface area contributed by atoms with Crippen molar-refractivity contribution in [3.05, 3.63) is 22.8 Å². The van der Waals surface area contributed by atoms with Crippen LogP contribution in [0.3, 0.4) is 0 Å². The lowest BCUT2D eigenvalue weighted by atomic mass is 10.1. The number of aryl methyl sites for hydroxylation is 1. The number of hydrogen-bond acceptors (Lipinski definition) is 6. The summed E-state index contributed by atoms with van der Waals surface area (Å²) in [6.45, 7) is 5.24. The van der Waals surface area contributed by atoms with E-state index in [-0.39, 0.29) is 29.7 Å². The molecule has 144 valence electrons. The van der Waals surface area contributed by atoms with Gasteiger partial charge in [0.25, 0.3) is 10.0 Å². The van der Waals surface area contributed by atoms with Crippen molar-refractivity contribution in [1.82, 2.24) is 4.72 Å². The number of nitrogens with two attached hydrogens (primary N) is 2. The molecule has 0 amide bonds. The maximum absolute atomic E-state index is 12.6. The lowest BCUT2D eigenvalue weighted by molar-refractivity contribution is -0.140. The van der Waals surface area contributed by atoms with Crippen molar-refractivity contribution in [3.63, 3.8) is 0 Å². The Kier molecular flexibility index (Phi) is 5.20. The molecule has 0 bridgehead atoms. The van der Waals surface area contributed by atoms with Crippen LogP contribution in [-0.2, 0) is 14.8 Å². The minimum Gasteiger partial charge on any atom is -0.496 e. The lowest BCUT2D eigenvalue weighted by Gasteiger charge is -2.16. The molecule has 9 nitrogen and oxygen atoms in total. The number of benzene rings is 1. The van der Waals surface area contributed by atoms with Gasteiger partial charge in [0.15, 0.2) is 0 Å². The number of sulfonamides is 1. The van der Waals surface area contributed by atoms with Gasteiger partial charge in [-0.1, -0.05) is 0 Å². The number of aliphatic imine (C=N–C) groups is 1. The highest BCUT2D eigenvalue weighted by Gasteiger charge is 2.57. The van der Waals surface area contributed by atoms with E-state index < -0.39 is 21.5 Å². The molecule has 0 unspecified atom stereocenters. The van der Waals surface area contributed by atoms with Crippen LogP contribution in [0.15, 0.2) is 16.0 Å². The van der Waals surface area contributed by atoms with Gasteiger partial charge in [-0.3, -0.25) is 9.79 Å². The number of carboxylic acids is 1.